The highest BCUT2D eigenvalue weighted by Crippen LogP contribution is 2.17. The van der Waals surface area contributed by atoms with Gasteiger partial charge in [-0.25, -0.2) is 0 Å². The van der Waals surface area contributed by atoms with E-state index in [0.29, 0.717) is 12.1 Å². The van der Waals surface area contributed by atoms with Gasteiger partial charge in [0, 0.05) is 24.2 Å². The van der Waals surface area contributed by atoms with Gasteiger partial charge in [-0.3, -0.25) is 9.78 Å². The molecule has 1 aromatic carbocycles. The standard InChI is InChI=1S/C15H19N3O/c1-3-16-8-9-17-15(19)13-10-11(2)18-14-7-5-4-6-12(13)14/h4-7,10,16H,3,8-9H2,1-2H3,(H,17,19). The molecular formula is C15H19N3O. The second kappa shape index (κ2) is 6.29. The molecule has 2 rings (SSSR count). The molecular weight excluding hydrogens is 238 g/mol. The first-order valence-electron chi connectivity index (χ1n) is 6.57. The van der Waals surface area contributed by atoms with Crippen molar-refractivity contribution in [3.8, 4) is 0 Å². The van der Waals surface area contributed by atoms with Crippen molar-refractivity contribution in [1.29, 1.82) is 0 Å². The predicted octanol–water partition coefficient (Wildman–Crippen LogP) is 1.88. The number of aryl methyl sites for hydroxylation is 1. The van der Waals surface area contributed by atoms with Crippen molar-refractivity contribution < 1.29 is 4.79 Å². The number of benzene rings is 1. The summed E-state index contributed by atoms with van der Waals surface area (Å²) in [5, 5.41) is 7.00. The summed E-state index contributed by atoms with van der Waals surface area (Å²) in [5.74, 6) is -0.0420. The number of fused-ring (bicyclic) bond motifs is 1. The molecule has 19 heavy (non-hydrogen) atoms. The Morgan fingerprint density at radius 1 is 1.26 bits per heavy atom. The van der Waals surface area contributed by atoms with Crippen molar-refractivity contribution in [2.24, 2.45) is 0 Å². The Kier molecular flexibility index (Phi) is 4.47. The van der Waals surface area contributed by atoms with Crippen molar-refractivity contribution in [2.75, 3.05) is 19.6 Å². The molecule has 0 unspecified atom stereocenters. The number of hydrogen-bond donors (Lipinski definition) is 2. The first kappa shape index (κ1) is 13.5. The molecule has 0 atom stereocenters. The minimum absolute atomic E-state index is 0.0420. The number of hydrogen-bond acceptors (Lipinski definition) is 3. The average molecular weight is 257 g/mol. The zero-order chi connectivity index (χ0) is 13.7. The molecule has 1 heterocycles. The van der Waals surface area contributed by atoms with Crippen LogP contribution in [-0.2, 0) is 0 Å². The number of pyridine rings is 1. The van der Waals surface area contributed by atoms with E-state index in [1.807, 2.05) is 44.2 Å². The molecule has 1 amide bonds. The molecule has 0 fully saturated rings. The summed E-state index contributed by atoms with van der Waals surface area (Å²) in [7, 11) is 0. The van der Waals surface area contributed by atoms with Gasteiger partial charge in [0.25, 0.3) is 5.91 Å². The van der Waals surface area contributed by atoms with Crippen LogP contribution in [0, 0.1) is 6.92 Å². The van der Waals surface area contributed by atoms with Gasteiger partial charge in [-0.05, 0) is 25.6 Å². The van der Waals surface area contributed by atoms with Crippen LogP contribution in [-0.4, -0.2) is 30.5 Å². The minimum Gasteiger partial charge on any atom is -0.351 e. The molecule has 0 spiro atoms. The Bertz CT molecular complexity index is 581. The van der Waals surface area contributed by atoms with E-state index in [4.69, 9.17) is 0 Å². The third-order valence-corrected chi connectivity index (χ3v) is 2.93. The van der Waals surface area contributed by atoms with E-state index in [0.717, 1.165) is 29.7 Å². The number of para-hydroxylation sites is 1. The van der Waals surface area contributed by atoms with Gasteiger partial charge in [0.15, 0.2) is 0 Å². The van der Waals surface area contributed by atoms with Crippen LogP contribution in [0.15, 0.2) is 30.3 Å². The number of amides is 1. The Balaban J connectivity index is 2.21. The van der Waals surface area contributed by atoms with E-state index in [9.17, 15) is 4.79 Å². The largest absolute Gasteiger partial charge is 0.351 e. The lowest BCUT2D eigenvalue weighted by molar-refractivity contribution is 0.0955. The number of aromatic nitrogens is 1. The van der Waals surface area contributed by atoms with E-state index in [-0.39, 0.29) is 5.91 Å². The highest BCUT2D eigenvalue weighted by molar-refractivity contribution is 6.06. The average Bonchev–Trinajstić information content (AvgIpc) is 2.42. The maximum Gasteiger partial charge on any atom is 0.252 e. The van der Waals surface area contributed by atoms with Crippen molar-refractivity contribution in [3.05, 3.63) is 41.6 Å². The Morgan fingerprint density at radius 2 is 2.05 bits per heavy atom. The van der Waals surface area contributed by atoms with Gasteiger partial charge in [-0.2, -0.15) is 0 Å². The van der Waals surface area contributed by atoms with Crippen molar-refractivity contribution in [3.63, 3.8) is 0 Å². The molecule has 1 aromatic heterocycles. The molecule has 0 aliphatic carbocycles. The SMILES string of the molecule is CCNCCNC(=O)c1cc(C)nc2ccccc12. The third kappa shape index (κ3) is 3.29. The molecule has 0 saturated heterocycles. The van der Waals surface area contributed by atoms with Gasteiger partial charge >= 0.3 is 0 Å². The van der Waals surface area contributed by atoms with Gasteiger partial charge in [-0.1, -0.05) is 25.1 Å². The monoisotopic (exact) mass is 257 g/mol. The summed E-state index contributed by atoms with van der Waals surface area (Å²) in [6.07, 6.45) is 0. The molecule has 0 saturated carbocycles. The first-order valence-corrected chi connectivity index (χ1v) is 6.57. The first-order chi connectivity index (χ1) is 9.22. The van der Waals surface area contributed by atoms with Gasteiger partial charge in [0.1, 0.15) is 0 Å². The van der Waals surface area contributed by atoms with Crippen LogP contribution in [0.5, 0.6) is 0 Å². The van der Waals surface area contributed by atoms with E-state index in [2.05, 4.69) is 15.6 Å². The summed E-state index contributed by atoms with van der Waals surface area (Å²) in [6, 6.07) is 9.56. The van der Waals surface area contributed by atoms with Crippen molar-refractivity contribution in [1.82, 2.24) is 15.6 Å². The van der Waals surface area contributed by atoms with Gasteiger partial charge < -0.3 is 10.6 Å². The Labute approximate surface area is 113 Å². The molecule has 2 N–H and O–H groups in total. The van der Waals surface area contributed by atoms with E-state index < -0.39 is 0 Å². The highest BCUT2D eigenvalue weighted by atomic mass is 16.1. The molecule has 0 radical (unpaired) electrons. The number of likely N-dealkylation sites (N-methyl/N-ethyl adjacent to an activating group) is 1. The molecule has 4 nitrogen and oxygen atoms in total. The van der Waals surface area contributed by atoms with Gasteiger partial charge in [0.2, 0.25) is 0 Å². The van der Waals surface area contributed by atoms with Crippen LogP contribution in [0.2, 0.25) is 0 Å². The lowest BCUT2D eigenvalue weighted by Gasteiger charge is -2.09. The number of rotatable bonds is 5. The molecule has 2 aromatic rings. The van der Waals surface area contributed by atoms with Gasteiger partial charge in [-0.15, -0.1) is 0 Å². The summed E-state index contributed by atoms with van der Waals surface area (Å²) in [5.41, 5.74) is 2.41. The smallest absolute Gasteiger partial charge is 0.252 e. The second-order valence-electron chi connectivity index (χ2n) is 4.44. The van der Waals surface area contributed by atoms with E-state index >= 15 is 0 Å². The van der Waals surface area contributed by atoms with Gasteiger partial charge in [0.05, 0.1) is 11.1 Å². The van der Waals surface area contributed by atoms with E-state index in [1.54, 1.807) is 0 Å². The Hall–Kier alpha value is -1.94. The third-order valence-electron chi connectivity index (χ3n) is 2.93. The lowest BCUT2D eigenvalue weighted by atomic mass is 10.1. The second-order valence-corrected chi connectivity index (χ2v) is 4.44. The van der Waals surface area contributed by atoms with Crippen LogP contribution < -0.4 is 10.6 Å². The molecule has 0 bridgehead atoms. The molecule has 0 aliphatic rings. The molecule has 100 valence electrons. The lowest BCUT2D eigenvalue weighted by Crippen LogP contribution is -2.31. The van der Waals surface area contributed by atoms with E-state index in [1.165, 1.54) is 0 Å². The summed E-state index contributed by atoms with van der Waals surface area (Å²) in [4.78, 5) is 16.6. The fourth-order valence-corrected chi connectivity index (χ4v) is 2.03. The van der Waals surface area contributed by atoms with Crippen LogP contribution in [0.25, 0.3) is 10.9 Å². The zero-order valence-electron chi connectivity index (χ0n) is 11.4. The van der Waals surface area contributed by atoms with Crippen LogP contribution >= 0.6 is 0 Å². The number of carbonyl (C=O) groups excluding carboxylic acids is 1. The Morgan fingerprint density at radius 3 is 2.84 bits per heavy atom. The van der Waals surface area contributed by atoms with Crippen LogP contribution in [0.4, 0.5) is 0 Å². The number of nitrogens with zero attached hydrogens (tertiary/aromatic N) is 1. The summed E-state index contributed by atoms with van der Waals surface area (Å²) >= 11 is 0. The fraction of sp³-hybridized carbons (Fsp3) is 0.333. The van der Waals surface area contributed by atoms with Crippen molar-refractivity contribution in [2.45, 2.75) is 13.8 Å². The maximum absolute atomic E-state index is 12.2. The number of carbonyl (C=O) groups is 1. The molecule has 0 aliphatic heterocycles. The summed E-state index contributed by atoms with van der Waals surface area (Å²) < 4.78 is 0. The van der Waals surface area contributed by atoms with Crippen LogP contribution in [0.1, 0.15) is 23.0 Å². The quantitative estimate of drug-likeness (QED) is 0.804. The zero-order valence-corrected chi connectivity index (χ0v) is 11.4. The molecule has 4 heteroatoms. The fourth-order valence-electron chi connectivity index (χ4n) is 2.03. The highest BCUT2D eigenvalue weighted by Gasteiger charge is 2.10. The number of nitrogens with one attached hydrogen (secondary N) is 2. The summed E-state index contributed by atoms with van der Waals surface area (Å²) in [6.45, 7) is 6.27. The predicted molar refractivity (Wildman–Crippen MR) is 77.4 cm³/mol. The normalized spacial score (nSPS) is 10.6. The van der Waals surface area contributed by atoms with Crippen LogP contribution in [0.3, 0.4) is 0 Å². The topological polar surface area (TPSA) is 54.0 Å². The minimum atomic E-state index is -0.0420. The maximum atomic E-state index is 12.2. The van der Waals surface area contributed by atoms with Crippen molar-refractivity contribution >= 4 is 16.8 Å².